The third-order valence-electron chi connectivity index (χ3n) is 1.68. The zero-order valence-electron chi connectivity index (χ0n) is 8.01. The molecule has 0 amide bonds. The lowest BCUT2D eigenvalue weighted by atomic mass is 10.4. The van der Waals surface area contributed by atoms with Crippen molar-refractivity contribution >= 4 is 10.0 Å². The number of nitrogens with zero attached hydrogens (tertiary/aromatic N) is 2. The Morgan fingerprint density at radius 3 is 2.79 bits per heavy atom. The highest BCUT2D eigenvalue weighted by molar-refractivity contribution is 7.89. The second kappa shape index (κ2) is 4.07. The van der Waals surface area contributed by atoms with Gasteiger partial charge in [0.15, 0.2) is 5.03 Å². The number of hydrogen-bond donors (Lipinski definition) is 2. The van der Waals surface area contributed by atoms with Crippen LogP contribution in [-0.4, -0.2) is 36.0 Å². The van der Waals surface area contributed by atoms with E-state index in [0.29, 0.717) is 0 Å². The normalized spacial score (nSPS) is 14.2. The van der Waals surface area contributed by atoms with Crippen LogP contribution >= 0.6 is 0 Å². The summed E-state index contributed by atoms with van der Waals surface area (Å²) in [5.41, 5.74) is 0. The summed E-state index contributed by atoms with van der Waals surface area (Å²) in [6.07, 6.45) is 1.40. The molecule has 1 aromatic heterocycles. The average molecular weight is 219 g/mol. The van der Waals surface area contributed by atoms with Gasteiger partial charge in [0.25, 0.3) is 10.0 Å². The first-order valence-electron chi connectivity index (χ1n) is 4.08. The lowest BCUT2D eigenvalue weighted by molar-refractivity contribution is 0.265. The van der Waals surface area contributed by atoms with Gasteiger partial charge in [-0.3, -0.25) is 4.68 Å². The van der Waals surface area contributed by atoms with Crippen LogP contribution in [0.5, 0.6) is 0 Å². The molecular formula is C7H13N3O3S. The lowest BCUT2D eigenvalue weighted by Crippen LogP contribution is -2.35. The Hall–Kier alpha value is -0.920. The summed E-state index contributed by atoms with van der Waals surface area (Å²) < 4.78 is 26.8. The molecular weight excluding hydrogens is 206 g/mol. The van der Waals surface area contributed by atoms with Crippen LogP contribution in [-0.2, 0) is 17.1 Å². The zero-order valence-corrected chi connectivity index (χ0v) is 8.82. The van der Waals surface area contributed by atoms with Gasteiger partial charge in [-0.05, 0) is 13.0 Å². The number of aliphatic hydroxyl groups excluding tert-OH is 1. The minimum absolute atomic E-state index is 0.0813. The van der Waals surface area contributed by atoms with Crippen LogP contribution < -0.4 is 4.72 Å². The van der Waals surface area contributed by atoms with Crippen LogP contribution in [0, 0.1) is 0 Å². The van der Waals surface area contributed by atoms with Gasteiger partial charge in [-0.2, -0.15) is 5.10 Å². The summed E-state index contributed by atoms with van der Waals surface area (Å²) in [7, 11) is -2.03. The van der Waals surface area contributed by atoms with E-state index in [-0.39, 0.29) is 11.6 Å². The molecule has 1 atom stereocenters. The number of aliphatic hydroxyl groups is 1. The molecule has 0 radical (unpaired) electrons. The van der Waals surface area contributed by atoms with Crippen molar-refractivity contribution in [3.8, 4) is 0 Å². The fourth-order valence-electron chi connectivity index (χ4n) is 0.988. The Labute approximate surface area is 82.6 Å². The maximum Gasteiger partial charge on any atom is 0.258 e. The Morgan fingerprint density at radius 2 is 2.36 bits per heavy atom. The van der Waals surface area contributed by atoms with E-state index in [1.807, 2.05) is 0 Å². The molecule has 0 spiro atoms. The molecule has 7 heteroatoms. The summed E-state index contributed by atoms with van der Waals surface area (Å²) in [4.78, 5) is 0. The van der Waals surface area contributed by atoms with Gasteiger partial charge in [0, 0.05) is 13.1 Å². The lowest BCUT2D eigenvalue weighted by Gasteiger charge is -2.10. The first-order valence-corrected chi connectivity index (χ1v) is 5.57. The minimum Gasteiger partial charge on any atom is -0.395 e. The Morgan fingerprint density at radius 1 is 1.71 bits per heavy atom. The SMILES string of the molecule is CC(CO)NS(=O)(=O)c1ccnn1C. The molecule has 1 aromatic rings. The first kappa shape index (κ1) is 11.2. The van der Waals surface area contributed by atoms with Crippen LogP contribution in [0.3, 0.4) is 0 Å². The van der Waals surface area contributed by atoms with E-state index in [0.717, 1.165) is 0 Å². The molecule has 0 aliphatic carbocycles. The number of rotatable bonds is 4. The molecule has 80 valence electrons. The summed E-state index contributed by atoms with van der Waals surface area (Å²) in [6, 6.07) is 0.891. The average Bonchev–Trinajstić information content (AvgIpc) is 2.51. The van der Waals surface area contributed by atoms with E-state index < -0.39 is 16.1 Å². The Kier molecular flexibility index (Phi) is 3.25. The van der Waals surface area contributed by atoms with E-state index >= 15 is 0 Å². The second-order valence-electron chi connectivity index (χ2n) is 3.00. The predicted molar refractivity (Wildman–Crippen MR) is 50.1 cm³/mol. The molecule has 0 aliphatic rings. The molecule has 1 unspecified atom stereocenters. The van der Waals surface area contributed by atoms with Crippen molar-refractivity contribution in [1.82, 2.24) is 14.5 Å². The fraction of sp³-hybridized carbons (Fsp3) is 0.571. The third-order valence-corrected chi connectivity index (χ3v) is 3.35. The maximum absolute atomic E-state index is 11.6. The van der Waals surface area contributed by atoms with Crippen molar-refractivity contribution in [2.24, 2.45) is 7.05 Å². The van der Waals surface area contributed by atoms with Crippen molar-refractivity contribution in [2.75, 3.05) is 6.61 Å². The highest BCUT2D eigenvalue weighted by atomic mass is 32.2. The van der Waals surface area contributed by atoms with Crippen LogP contribution in [0.25, 0.3) is 0 Å². The molecule has 0 fully saturated rings. The smallest absolute Gasteiger partial charge is 0.258 e. The molecule has 6 nitrogen and oxygen atoms in total. The molecule has 1 rings (SSSR count). The summed E-state index contributed by atoms with van der Waals surface area (Å²) in [5.74, 6) is 0. The first-order chi connectivity index (χ1) is 6.47. The third kappa shape index (κ3) is 2.31. The molecule has 0 saturated heterocycles. The van der Waals surface area contributed by atoms with Gasteiger partial charge in [-0.25, -0.2) is 13.1 Å². The maximum atomic E-state index is 11.6. The van der Waals surface area contributed by atoms with Gasteiger partial charge in [0.05, 0.1) is 12.8 Å². The second-order valence-corrected chi connectivity index (χ2v) is 4.66. The highest BCUT2D eigenvalue weighted by Crippen LogP contribution is 2.06. The molecule has 2 N–H and O–H groups in total. The number of aromatic nitrogens is 2. The van der Waals surface area contributed by atoms with Gasteiger partial charge < -0.3 is 5.11 Å². The van der Waals surface area contributed by atoms with Crippen molar-refractivity contribution in [2.45, 2.75) is 18.0 Å². The van der Waals surface area contributed by atoms with Crippen molar-refractivity contribution in [3.05, 3.63) is 12.3 Å². The van der Waals surface area contributed by atoms with Crippen LogP contribution in [0.2, 0.25) is 0 Å². The molecule has 0 aromatic carbocycles. The van der Waals surface area contributed by atoms with Crippen molar-refractivity contribution in [1.29, 1.82) is 0 Å². The van der Waals surface area contributed by atoms with E-state index in [2.05, 4.69) is 9.82 Å². The van der Waals surface area contributed by atoms with Crippen LogP contribution in [0.15, 0.2) is 17.3 Å². The van der Waals surface area contributed by atoms with Gasteiger partial charge in [-0.1, -0.05) is 0 Å². The largest absolute Gasteiger partial charge is 0.395 e. The highest BCUT2D eigenvalue weighted by Gasteiger charge is 2.19. The van der Waals surface area contributed by atoms with E-state index in [1.54, 1.807) is 6.92 Å². The summed E-state index contributed by atoms with van der Waals surface area (Å²) in [5, 5.41) is 12.5. The van der Waals surface area contributed by atoms with E-state index in [1.165, 1.54) is 24.0 Å². The number of hydrogen-bond acceptors (Lipinski definition) is 4. The van der Waals surface area contributed by atoms with Crippen molar-refractivity contribution < 1.29 is 13.5 Å². The number of aryl methyl sites for hydroxylation is 1. The fourth-order valence-corrected chi connectivity index (χ4v) is 2.35. The molecule has 0 bridgehead atoms. The van der Waals surface area contributed by atoms with Crippen molar-refractivity contribution in [3.63, 3.8) is 0 Å². The van der Waals surface area contributed by atoms with E-state index in [4.69, 9.17) is 5.11 Å². The molecule has 0 saturated carbocycles. The van der Waals surface area contributed by atoms with Gasteiger partial charge >= 0.3 is 0 Å². The topological polar surface area (TPSA) is 84.2 Å². The van der Waals surface area contributed by atoms with Crippen LogP contribution in [0.1, 0.15) is 6.92 Å². The molecule has 1 heterocycles. The minimum atomic E-state index is -3.57. The standard InChI is InChI=1S/C7H13N3O3S/c1-6(5-11)9-14(12,13)7-3-4-8-10(7)2/h3-4,6,9,11H,5H2,1-2H3. The predicted octanol–water partition coefficient (Wildman–Crippen LogP) is -0.921. The summed E-state index contributed by atoms with van der Waals surface area (Å²) >= 11 is 0. The van der Waals surface area contributed by atoms with E-state index in [9.17, 15) is 8.42 Å². The van der Waals surface area contributed by atoms with Gasteiger partial charge in [0.1, 0.15) is 0 Å². The monoisotopic (exact) mass is 219 g/mol. The Balaban J connectivity index is 2.92. The summed E-state index contributed by atoms with van der Waals surface area (Å²) in [6.45, 7) is 1.34. The number of sulfonamides is 1. The molecule has 14 heavy (non-hydrogen) atoms. The van der Waals surface area contributed by atoms with Gasteiger partial charge in [-0.15, -0.1) is 0 Å². The quantitative estimate of drug-likeness (QED) is 0.686. The van der Waals surface area contributed by atoms with Crippen LogP contribution in [0.4, 0.5) is 0 Å². The zero-order chi connectivity index (χ0) is 10.8. The van der Waals surface area contributed by atoms with Gasteiger partial charge in [0.2, 0.25) is 0 Å². The molecule has 0 aliphatic heterocycles. The number of nitrogens with one attached hydrogen (secondary N) is 1. The Bertz CT molecular complexity index is 398.